The van der Waals surface area contributed by atoms with Gasteiger partial charge in [0.15, 0.2) is 0 Å². The van der Waals surface area contributed by atoms with E-state index in [0.29, 0.717) is 22.1 Å². The fourth-order valence-electron chi connectivity index (χ4n) is 2.79. The Kier molecular flexibility index (Phi) is 5.33. The van der Waals surface area contributed by atoms with Crippen LogP contribution < -0.4 is 15.8 Å². The summed E-state index contributed by atoms with van der Waals surface area (Å²) in [6.45, 7) is 0. The molecule has 0 atom stereocenters. The zero-order chi connectivity index (χ0) is 16.9. The Hall–Kier alpha value is -2.11. The topological polar surface area (TPSA) is 77.2 Å². The maximum absolute atomic E-state index is 12.4. The summed E-state index contributed by atoms with van der Waals surface area (Å²) in [5.74, 6) is 1.03. The van der Waals surface area contributed by atoms with Crippen LogP contribution in [-0.2, 0) is 0 Å². The number of hydrogen-bond acceptors (Lipinski definition) is 4. The average molecular weight is 346 g/mol. The van der Waals surface area contributed by atoms with E-state index >= 15 is 0 Å². The van der Waals surface area contributed by atoms with Gasteiger partial charge in [-0.1, -0.05) is 11.6 Å². The first-order valence-electron chi connectivity index (χ1n) is 8.05. The Morgan fingerprint density at radius 3 is 2.54 bits per heavy atom. The second-order valence-corrected chi connectivity index (χ2v) is 6.42. The molecule has 3 rings (SSSR count). The molecule has 1 aromatic carbocycles. The number of ether oxygens (including phenoxy) is 1. The van der Waals surface area contributed by atoms with E-state index in [9.17, 15) is 4.79 Å². The van der Waals surface area contributed by atoms with Crippen molar-refractivity contribution in [3.8, 4) is 11.5 Å². The van der Waals surface area contributed by atoms with Gasteiger partial charge in [-0.05, 0) is 56.0 Å². The molecule has 0 radical (unpaired) electrons. The van der Waals surface area contributed by atoms with E-state index in [1.165, 1.54) is 0 Å². The Labute approximate surface area is 146 Å². The number of carbonyl (C=O) groups is 1. The Morgan fingerprint density at radius 2 is 1.88 bits per heavy atom. The fourth-order valence-corrected chi connectivity index (χ4v) is 3.01. The van der Waals surface area contributed by atoms with E-state index in [1.54, 1.807) is 42.7 Å². The van der Waals surface area contributed by atoms with Crippen molar-refractivity contribution >= 4 is 17.5 Å². The summed E-state index contributed by atoms with van der Waals surface area (Å²) >= 11 is 6.25. The number of hydrogen-bond donors (Lipinski definition) is 2. The number of pyridine rings is 1. The molecule has 1 aromatic heterocycles. The Balaban J connectivity index is 1.64. The molecule has 0 spiro atoms. The molecule has 1 aliphatic carbocycles. The summed E-state index contributed by atoms with van der Waals surface area (Å²) in [5.41, 5.74) is 6.42. The third kappa shape index (κ3) is 4.24. The predicted octanol–water partition coefficient (Wildman–Crippen LogP) is 3.53. The third-order valence-corrected chi connectivity index (χ3v) is 4.47. The van der Waals surface area contributed by atoms with Crippen LogP contribution >= 0.6 is 11.6 Å². The van der Waals surface area contributed by atoms with Crippen molar-refractivity contribution in [1.29, 1.82) is 0 Å². The van der Waals surface area contributed by atoms with Gasteiger partial charge in [0, 0.05) is 30.0 Å². The van der Waals surface area contributed by atoms with Crippen LogP contribution in [0.3, 0.4) is 0 Å². The van der Waals surface area contributed by atoms with Crippen LogP contribution in [0.15, 0.2) is 42.7 Å². The SMILES string of the molecule is NC1CCC(NC(=O)c2ccc(Oc3ccncc3)c(Cl)c2)CC1. The number of nitrogens with two attached hydrogens (primary N) is 1. The van der Waals surface area contributed by atoms with Crippen LogP contribution in [0, 0.1) is 0 Å². The number of rotatable bonds is 4. The molecule has 2 aromatic rings. The maximum atomic E-state index is 12.4. The van der Waals surface area contributed by atoms with Gasteiger partial charge < -0.3 is 15.8 Å². The maximum Gasteiger partial charge on any atom is 0.251 e. The highest BCUT2D eigenvalue weighted by Crippen LogP contribution is 2.30. The summed E-state index contributed by atoms with van der Waals surface area (Å²) in [5, 5.41) is 3.44. The van der Waals surface area contributed by atoms with Gasteiger partial charge in [0.2, 0.25) is 0 Å². The largest absolute Gasteiger partial charge is 0.456 e. The highest BCUT2D eigenvalue weighted by Gasteiger charge is 2.21. The van der Waals surface area contributed by atoms with Crippen molar-refractivity contribution in [3.63, 3.8) is 0 Å². The highest BCUT2D eigenvalue weighted by atomic mass is 35.5. The predicted molar refractivity (Wildman–Crippen MR) is 93.5 cm³/mol. The first kappa shape index (κ1) is 16.7. The van der Waals surface area contributed by atoms with Crippen LogP contribution in [0.25, 0.3) is 0 Å². The molecule has 3 N–H and O–H groups in total. The first-order chi connectivity index (χ1) is 11.6. The normalized spacial score (nSPS) is 20.4. The summed E-state index contributed by atoms with van der Waals surface area (Å²) in [7, 11) is 0. The molecule has 0 unspecified atom stereocenters. The minimum Gasteiger partial charge on any atom is -0.456 e. The standard InChI is InChI=1S/C18H20ClN3O2/c19-16-11-12(18(23)22-14-4-2-13(20)3-5-14)1-6-17(16)24-15-7-9-21-10-8-15/h1,6-11,13-14H,2-5,20H2,(H,22,23). The summed E-state index contributed by atoms with van der Waals surface area (Å²) in [6, 6.07) is 8.97. The van der Waals surface area contributed by atoms with E-state index in [-0.39, 0.29) is 18.0 Å². The van der Waals surface area contributed by atoms with Crippen molar-refractivity contribution in [1.82, 2.24) is 10.3 Å². The summed E-state index contributed by atoms with van der Waals surface area (Å²) in [6.07, 6.45) is 7.02. The van der Waals surface area contributed by atoms with Crippen molar-refractivity contribution in [3.05, 3.63) is 53.3 Å². The molecule has 1 aliphatic rings. The van der Waals surface area contributed by atoms with E-state index < -0.39 is 0 Å². The second-order valence-electron chi connectivity index (χ2n) is 6.02. The molecule has 0 aliphatic heterocycles. The number of benzene rings is 1. The van der Waals surface area contributed by atoms with Gasteiger partial charge >= 0.3 is 0 Å². The van der Waals surface area contributed by atoms with Gasteiger partial charge in [-0.15, -0.1) is 0 Å². The van der Waals surface area contributed by atoms with Crippen LogP contribution in [0.1, 0.15) is 36.0 Å². The van der Waals surface area contributed by atoms with Gasteiger partial charge in [0.25, 0.3) is 5.91 Å². The van der Waals surface area contributed by atoms with Crippen LogP contribution in [-0.4, -0.2) is 23.0 Å². The molecule has 0 bridgehead atoms. The zero-order valence-corrected chi connectivity index (χ0v) is 14.0. The molecular formula is C18H20ClN3O2. The third-order valence-electron chi connectivity index (χ3n) is 4.18. The van der Waals surface area contributed by atoms with Crippen LogP contribution in [0.2, 0.25) is 5.02 Å². The molecule has 6 heteroatoms. The van der Waals surface area contributed by atoms with Crippen LogP contribution in [0.4, 0.5) is 0 Å². The zero-order valence-electron chi connectivity index (χ0n) is 13.2. The quantitative estimate of drug-likeness (QED) is 0.888. The first-order valence-corrected chi connectivity index (χ1v) is 8.43. The van der Waals surface area contributed by atoms with Gasteiger partial charge in [-0.3, -0.25) is 9.78 Å². The molecule has 0 saturated heterocycles. The molecule has 1 heterocycles. The minimum absolute atomic E-state index is 0.118. The van der Waals surface area contributed by atoms with Crippen LogP contribution in [0.5, 0.6) is 11.5 Å². The van der Waals surface area contributed by atoms with E-state index in [4.69, 9.17) is 22.1 Å². The fraction of sp³-hybridized carbons (Fsp3) is 0.333. The Bertz CT molecular complexity index is 701. The highest BCUT2D eigenvalue weighted by molar-refractivity contribution is 6.32. The summed E-state index contributed by atoms with van der Waals surface area (Å²) < 4.78 is 5.69. The molecule has 24 heavy (non-hydrogen) atoms. The van der Waals surface area contributed by atoms with E-state index in [2.05, 4.69) is 10.3 Å². The average Bonchev–Trinajstić information content (AvgIpc) is 2.59. The monoisotopic (exact) mass is 345 g/mol. The second kappa shape index (κ2) is 7.64. The van der Waals surface area contributed by atoms with Gasteiger partial charge in [0.05, 0.1) is 5.02 Å². The molecule has 1 saturated carbocycles. The molecule has 5 nitrogen and oxygen atoms in total. The minimum atomic E-state index is -0.118. The van der Waals surface area contributed by atoms with Gasteiger partial charge in [-0.25, -0.2) is 0 Å². The smallest absolute Gasteiger partial charge is 0.251 e. The van der Waals surface area contributed by atoms with Crippen molar-refractivity contribution in [2.24, 2.45) is 5.73 Å². The molecule has 1 fully saturated rings. The number of carbonyl (C=O) groups excluding carboxylic acids is 1. The van der Waals surface area contributed by atoms with Crippen molar-refractivity contribution in [2.75, 3.05) is 0 Å². The lowest BCUT2D eigenvalue weighted by atomic mass is 9.91. The number of nitrogens with one attached hydrogen (secondary N) is 1. The lowest BCUT2D eigenvalue weighted by Gasteiger charge is -2.26. The number of amides is 1. The molecule has 126 valence electrons. The van der Waals surface area contributed by atoms with Gasteiger partial charge in [0.1, 0.15) is 11.5 Å². The van der Waals surface area contributed by atoms with Crippen molar-refractivity contribution < 1.29 is 9.53 Å². The lowest BCUT2D eigenvalue weighted by Crippen LogP contribution is -2.40. The van der Waals surface area contributed by atoms with Gasteiger partial charge in [-0.2, -0.15) is 0 Å². The summed E-state index contributed by atoms with van der Waals surface area (Å²) in [4.78, 5) is 16.3. The number of nitrogens with zero attached hydrogens (tertiary/aromatic N) is 1. The number of halogens is 1. The molecule has 1 amide bonds. The molecular weight excluding hydrogens is 326 g/mol. The Morgan fingerprint density at radius 1 is 1.17 bits per heavy atom. The van der Waals surface area contributed by atoms with E-state index in [0.717, 1.165) is 25.7 Å². The number of aromatic nitrogens is 1. The van der Waals surface area contributed by atoms with E-state index in [1.807, 2.05) is 0 Å². The lowest BCUT2D eigenvalue weighted by molar-refractivity contribution is 0.0926. The van der Waals surface area contributed by atoms with Crippen molar-refractivity contribution in [2.45, 2.75) is 37.8 Å².